The molecular formula is C14H20. The van der Waals surface area contributed by atoms with Crippen LogP contribution in [-0.2, 0) is 0 Å². The third-order valence-corrected chi connectivity index (χ3v) is 4.72. The van der Waals surface area contributed by atoms with Crippen LogP contribution in [0.3, 0.4) is 0 Å². The Morgan fingerprint density at radius 3 is 2.79 bits per heavy atom. The minimum atomic E-state index is 0.920. The lowest BCUT2D eigenvalue weighted by Crippen LogP contribution is -2.16. The molecule has 3 aliphatic rings. The average molecular weight is 188 g/mol. The zero-order valence-electron chi connectivity index (χ0n) is 9.29. The highest BCUT2D eigenvalue weighted by molar-refractivity contribution is 5.31. The SMILES string of the molecule is CCC1=C[C@H]2[C@H](C1)[C@@H]1C[C@@H]2C=C1CC. The van der Waals surface area contributed by atoms with Crippen LogP contribution in [0.15, 0.2) is 23.3 Å². The molecule has 14 heavy (non-hydrogen) atoms. The van der Waals surface area contributed by atoms with Gasteiger partial charge in [-0.1, -0.05) is 37.1 Å². The molecule has 4 atom stereocenters. The minimum absolute atomic E-state index is 0.920. The smallest absolute Gasteiger partial charge is 0.0130 e. The van der Waals surface area contributed by atoms with Crippen LogP contribution in [0.25, 0.3) is 0 Å². The van der Waals surface area contributed by atoms with Crippen molar-refractivity contribution in [3.05, 3.63) is 23.3 Å². The molecule has 0 unspecified atom stereocenters. The highest BCUT2D eigenvalue weighted by Gasteiger charge is 2.48. The Kier molecular flexibility index (Phi) is 1.87. The predicted molar refractivity (Wildman–Crippen MR) is 59.9 cm³/mol. The number of allylic oxidation sites excluding steroid dienone is 4. The molecule has 0 amide bonds. The van der Waals surface area contributed by atoms with Gasteiger partial charge in [0.25, 0.3) is 0 Å². The molecule has 1 saturated carbocycles. The highest BCUT2D eigenvalue weighted by atomic mass is 14.5. The van der Waals surface area contributed by atoms with E-state index in [1.54, 1.807) is 11.1 Å². The van der Waals surface area contributed by atoms with Gasteiger partial charge in [0.15, 0.2) is 0 Å². The molecule has 3 aliphatic carbocycles. The lowest BCUT2D eigenvalue weighted by Gasteiger charge is -2.24. The molecule has 0 saturated heterocycles. The standard InChI is InChI=1S/C14H20/c1-3-9-5-12-11-7-10(4-2)13(8-11)14(12)6-9/h5,7,11-14H,3-4,6,8H2,1-2H3/t11-,12+,13+,14-/m0/s1. The van der Waals surface area contributed by atoms with Crippen molar-refractivity contribution in [2.45, 2.75) is 39.5 Å². The van der Waals surface area contributed by atoms with E-state index >= 15 is 0 Å². The van der Waals surface area contributed by atoms with Crippen molar-refractivity contribution >= 4 is 0 Å². The van der Waals surface area contributed by atoms with E-state index < -0.39 is 0 Å². The second kappa shape index (κ2) is 2.98. The van der Waals surface area contributed by atoms with Gasteiger partial charge in [-0.3, -0.25) is 0 Å². The van der Waals surface area contributed by atoms with E-state index in [2.05, 4.69) is 26.0 Å². The summed E-state index contributed by atoms with van der Waals surface area (Å²) in [6.07, 6.45) is 10.7. The van der Waals surface area contributed by atoms with Gasteiger partial charge in [0.2, 0.25) is 0 Å². The van der Waals surface area contributed by atoms with Crippen molar-refractivity contribution in [3.8, 4) is 0 Å². The molecular weight excluding hydrogens is 168 g/mol. The number of rotatable bonds is 2. The molecule has 0 aromatic rings. The average Bonchev–Trinajstić information content (AvgIpc) is 2.87. The number of hydrogen-bond acceptors (Lipinski definition) is 0. The van der Waals surface area contributed by atoms with Crippen LogP contribution in [0.5, 0.6) is 0 Å². The van der Waals surface area contributed by atoms with E-state index in [0.717, 1.165) is 23.7 Å². The molecule has 76 valence electrons. The van der Waals surface area contributed by atoms with E-state index in [1.165, 1.54) is 25.7 Å². The summed E-state index contributed by atoms with van der Waals surface area (Å²) in [6, 6.07) is 0. The van der Waals surface area contributed by atoms with Gasteiger partial charge in [0.05, 0.1) is 0 Å². The van der Waals surface area contributed by atoms with Gasteiger partial charge in [-0.15, -0.1) is 0 Å². The maximum absolute atomic E-state index is 2.61. The lowest BCUT2D eigenvalue weighted by atomic mass is 9.80. The predicted octanol–water partition coefficient (Wildman–Crippen LogP) is 3.95. The summed E-state index contributed by atoms with van der Waals surface area (Å²) >= 11 is 0. The van der Waals surface area contributed by atoms with Gasteiger partial charge in [-0.2, -0.15) is 0 Å². The monoisotopic (exact) mass is 188 g/mol. The van der Waals surface area contributed by atoms with Crippen molar-refractivity contribution < 1.29 is 0 Å². The third kappa shape index (κ3) is 1.00. The molecule has 0 spiro atoms. The van der Waals surface area contributed by atoms with Gasteiger partial charge < -0.3 is 0 Å². The van der Waals surface area contributed by atoms with Crippen molar-refractivity contribution in [3.63, 3.8) is 0 Å². The molecule has 3 rings (SSSR count). The van der Waals surface area contributed by atoms with E-state index in [-0.39, 0.29) is 0 Å². The Balaban J connectivity index is 1.86. The molecule has 0 aromatic heterocycles. The fourth-order valence-electron chi connectivity index (χ4n) is 4.03. The zero-order valence-corrected chi connectivity index (χ0v) is 9.29. The molecule has 0 heteroatoms. The van der Waals surface area contributed by atoms with Crippen LogP contribution in [0.2, 0.25) is 0 Å². The molecule has 2 bridgehead atoms. The summed E-state index contributed by atoms with van der Waals surface area (Å²) in [4.78, 5) is 0. The molecule has 1 fully saturated rings. The molecule has 0 radical (unpaired) electrons. The van der Waals surface area contributed by atoms with Crippen molar-refractivity contribution in [2.75, 3.05) is 0 Å². The Morgan fingerprint density at radius 1 is 1.21 bits per heavy atom. The van der Waals surface area contributed by atoms with Crippen molar-refractivity contribution in [1.82, 2.24) is 0 Å². The minimum Gasteiger partial charge on any atom is -0.0813 e. The van der Waals surface area contributed by atoms with Crippen LogP contribution in [0, 0.1) is 23.7 Å². The van der Waals surface area contributed by atoms with E-state index in [0.29, 0.717) is 0 Å². The van der Waals surface area contributed by atoms with E-state index in [1.807, 2.05) is 0 Å². The van der Waals surface area contributed by atoms with Gasteiger partial charge in [0.1, 0.15) is 0 Å². The van der Waals surface area contributed by atoms with E-state index in [9.17, 15) is 0 Å². The van der Waals surface area contributed by atoms with Crippen LogP contribution in [0.4, 0.5) is 0 Å². The first kappa shape index (κ1) is 8.76. The highest BCUT2D eigenvalue weighted by Crippen LogP contribution is 2.57. The Bertz CT molecular complexity index is 308. The second-order valence-corrected chi connectivity index (χ2v) is 5.22. The van der Waals surface area contributed by atoms with Gasteiger partial charge >= 0.3 is 0 Å². The summed E-state index contributed by atoms with van der Waals surface area (Å²) in [5.74, 6) is 3.83. The van der Waals surface area contributed by atoms with Crippen LogP contribution >= 0.6 is 0 Å². The maximum Gasteiger partial charge on any atom is -0.0130 e. The summed E-state index contributed by atoms with van der Waals surface area (Å²) < 4.78 is 0. The van der Waals surface area contributed by atoms with Crippen molar-refractivity contribution in [1.29, 1.82) is 0 Å². The van der Waals surface area contributed by atoms with Crippen LogP contribution < -0.4 is 0 Å². The largest absolute Gasteiger partial charge is 0.0813 e. The molecule has 0 aromatic carbocycles. The van der Waals surface area contributed by atoms with Crippen molar-refractivity contribution in [2.24, 2.45) is 23.7 Å². The lowest BCUT2D eigenvalue weighted by molar-refractivity contribution is 0.375. The Morgan fingerprint density at radius 2 is 2.07 bits per heavy atom. The first-order chi connectivity index (χ1) is 6.83. The van der Waals surface area contributed by atoms with Crippen LogP contribution in [-0.4, -0.2) is 0 Å². The Labute approximate surface area is 87.1 Å². The number of fused-ring (bicyclic) bond motifs is 5. The maximum atomic E-state index is 2.61. The Hall–Kier alpha value is -0.520. The summed E-state index contributed by atoms with van der Waals surface area (Å²) in [7, 11) is 0. The summed E-state index contributed by atoms with van der Waals surface area (Å²) in [5.41, 5.74) is 3.52. The van der Waals surface area contributed by atoms with Gasteiger partial charge in [-0.25, -0.2) is 0 Å². The topological polar surface area (TPSA) is 0 Å². The molecule has 0 nitrogen and oxygen atoms in total. The third-order valence-electron chi connectivity index (χ3n) is 4.72. The summed E-state index contributed by atoms with van der Waals surface area (Å²) in [5, 5.41) is 0. The molecule has 0 aliphatic heterocycles. The van der Waals surface area contributed by atoms with Gasteiger partial charge in [0, 0.05) is 0 Å². The van der Waals surface area contributed by atoms with Gasteiger partial charge in [-0.05, 0) is 49.4 Å². The van der Waals surface area contributed by atoms with Crippen LogP contribution in [0.1, 0.15) is 39.5 Å². The second-order valence-electron chi connectivity index (χ2n) is 5.22. The first-order valence-electron chi connectivity index (χ1n) is 6.23. The first-order valence-corrected chi connectivity index (χ1v) is 6.23. The molecule has 0 N–H and O–H groups in total. The fraction of sp³-hybridized carbons (Fsp3) is 0.714. The fourth-order valence-corrected chi connectivity index (χ4v) is 4.03. The van der Waals surface area contributed by atoms with E-state index in [4.69, 9.17) is 0 Å². The normalized spacial score (nSPS) is 43.9. The zero-order chi connectivity index (χ0) is 9.71. The molecule has 0 heterocycles. The quantitative estimate of drug-likeness (QED) is 0.576. The summed E-state index contributed by atoms with van der Waals surface area (Å²) in [6.45, 7) is 4.63. The number of hydrogen-bond donors (Lipinski definition) is 0.